The minimum absolute atomic E-state index is 0.0231. The number of sulfonamides is 1. The molecule has 0 atom stereocenters. The molecule has 0 amide bonds. The first-order valence-electron chi connectivity index (χ1n) is 6.48. The van der Waals surface area contributed by atoms with Crippen LogP contribution < -0.4 is 4.31 Å². The molecule has 0 saturated carbocycles. The van der Waals surface area contributed by atoms with Gasteiger partial charge in [0.25, 0.3) is 10.0 Å². The fourth-order valence-electron chi connectivity index (χ4n) is 2.06. The van der Waals surface area contributed by atoms with E-state index in [4.69, 9.17) is 16.9 Å². The lowest BCUT2D eigenvalue weighted by molar-refractivity contribution is 0.586. The van der Waals surface area contributed by atoms with Crippen LogP contribution in [0, 0.1) is 17.1 Å². The fraction of sp³-hybridized carbons (Fsp3) is 0.133. The summed E-state index contributed by atoms with van der Waals surface area (Å²) in [5.41, 5.74) is 0.0842. The van der Waals surface area contributed by atoms with Crippen LogP contribution in [0.2, 0.25) is 5.02 Å². The molecule has 0 spiro atoms. The SMILES string of the molecule is CCN(c1ccc(Cl)cc1F)S(=O)(=O)c1cc(Br)cc(C#N)c1. The Morgan fingerprint density at radius 3 is 2.57 bits per heavy atom. The van der Waals surface area contributed by atoms with Gasteiger partial charge in [0.15, 0.2) is 0 Å². The Morgan fingerprint density at radius 2 is 2.00 bits per heavy atom. The number of benzene rings is 2. The molecule has 0 fully saturated rings. The van der Waals surface area contributed by atoms with Gasteiger partial charge in [0, 0.05) is 16.0 Å². The molecule has 0 aliphatic carbocycles. The van der Waals surface area contributed by atoms with Crippen molar-refractivity contribution in [3.63, 3.8) is 0 Å². The second kappa shape index (κ2) is 6.87. The van der Waals surface area contributed by atoms with E-state index in [0.29, 0.717) is 4.47 Å². The molecule has 0 aromatic heterocycles. The van der Waals surface area contributed by atoms with Crippen molar-refractivity contribution in [3.8, 4) is 6.07 Å². The van der Waals surface area contributed by atoms with Crippen molar-refractivity contribution in [1.29, 1.82) is 5.26 Å². The van der Waals surface area contributed by atoms with E-state index in [1.807, 2.05) is 6.07 Å². The number of rotatable bonds is 4. The summed E-state index contributed by atoms with van der Waals surface area (Å²) in [6, 6.07) is 9.78. The molecule has 23 heavy (non-hydrogen) atoms. The van der Waals surface area contributed by atoms with Gasteiger partial charge >= 0.3 is 0 Å². The van der Waals surface area contributed by atoms with Gasteiger partial charge in [-0.1, -0.05) is 27.5 Å². The summed E-state index contributed by atoms with van der Waals surface area (Å²) in [6.45, 7) is 1.62. The van der Waals surface area contributed by atoms with Gasteiger partial charge in [0.2, 0.25) is 0 Å². The summed E-state index contributed by atoms with van der Waals surface area (Å²) in [6.07, 6.45) is 0. The molecule has 0 N–H and O–H groups in total. The summed E-state index contributed by atoms with van der Waals surface area (Å²) in [5.74, 6) is -0.738. The first kappa shape index (κ1) is 17.7. The van der Waals surface area contributed by atoms with Gasteiger partial charge in [0.1, 0.15) is 5.82 Å². The summed E-state index contributed by atoms with van der Waals surface area (Å²) in [4.78, 5) is -0.0976. The third-order valence-electron chi connectivity index (χ3n) is 3.05. The van der Waals surface area contributed by atoms with Crippen LogP contribution in [0.1, 0.15) is 12.5 Å². The molecule has 120 valence electrons. The van der Waals surface area contributed by atoms with E-state index in [1.165, 1.54) is 30.3 Å². The van der Waals surface area contributed by atoms with E-state index in [9.17, 15) is 12.8 Å². The van der Waals surface area contributed by atoms with Gasteiger partial charge < -0.3 is 0 Å². The highest BCUT2D eigenvalue weighted by molar-refractivity contribution is 9.10. The van der Waals surface area contributed by atoms with Crippen LogP contribution in [-0.2, 0) is 10.0 Å². The number of halogens is 3. The molecule has 0 unspecified atom stereocenters. The molecule has 0 saturated heterocycles. The van der Waals surface area contributed by atoms with E-state index >= 15 is 0 Å². The van der Waals surface area contributed by atoms with E-state index in [0.717, 1.165) is 10.4 Å². The summed E-state index contributed by atoms with van der Waals surface area (Å²) in [7, 11) is -4.03. The van der Waals surface area contributed by atoms with Gasteiger partial charge in [-0.25, -0.2) is 12.8 Å². The predicted molar refractivity (Wildman–Crippen MR) is 90.5 cm³/mol. The Bertz CT molecular complexity index is 897. The van der Waals surface area contributed by atoms with Crippen LogP contribution in [0.3, 0.4) is 0 Å². The maximum atomic E-state index is 14.1. The minimum Gasteiger partial charge on any atom is -0.264 e. The number of nitrogens with zero attached hydrogens (tertiary/aromatic N) is 2. The molecule has 0 aliphatic heterocycles. The molecule has 8 heteroatoms. The van der Waals surface area contributed by atoms with Gasteiger partial charge in [0.05, 0.1) is 22.2 Å². The summed E-state index contributed by atoms with van der Waals surface area (Å²) >= 11 is 8.88. The van der Waals surface area contributed by atoms with Crippen molar-refractivity contribution in [2.24, 2.45) is 0 Å². The molecule has 0 heterocycles. The first-order chi connectivity index (χ1) is 10.8. The second-order valence-electron chi connectivity index (χ2n) is 4.55. The highest BCUT2D eigenvalue weighted by Gasteiger charge is 2.26. The molecule has 4 nitrogen and oxygen atoms in total. The van der Waals surface area contributed by atoms with Crippen LogP contribution >= 0.6 is 27.5 Å². The van der Waals surface area contributed by atoms with Crippen LogP contribution in [-0.4, -0.2) is 15.0 Å². The van der Waals surface area contributed by atoms with Crippen LogP contribution in [0.4, 0.5) is 10.1 Å². The monoisotopic (exact) mass is 416 g/mol. The van der Waals surface area contributed by atoms with Crippen LogP contribution in [0.15, 0.2) is 45.8 Å². The normalized spacial score (nSPS) is 11.1. The Labute approximate surface area is 147 Å². The van der Waals surface area contributed by atoms with Crippen molar-refractivity contribution in [1.82, 2.24) is 0 Å². The smallest absolute Gasteiger partial charge is 0.264 e. The van der Waals surface area contributed by atoms with E-state index in [-0.39, 0.29) is 27.7 Å². The summed E-state index contributed by atoms with van der Waals surface area (Å²) < 4.78 is 41.1. The van der Waals surface area contributed by atoms with Crippen molar-refractivity contribution in [2.75, 3.05) is 10.8 Å². The average molecular weight is 418 g/mol. The summed E-state index contributed by atoms with van der Waals surface area (Å²) in [5, 5.41) is 9.16. The van der Waals surface area contributed by atoms with Gasteiger partial charge in [-0.3, -0.25) is 4.31 Å². The van der Waals surface area contributed by atoms with E-state index in [2.05, 4.69) is 15.9 Å². The second-order valence-corrected chi connectivity index (χ2v) is 7.77. The van der Waals surface area contributed by atoms with Gasteiger partial charge in [-0.2, -0.15) is 5.26 Å². The zero-order valence-corrected chi connectivity index (χ0v) is 15.1. The fourth-order valence-corrected chi connectivity index (χ4v) is 4.41. The zero-order chi connectivity index (χ0) is 17.2. The number of nitriles is 1. The molecule has 0 bridgehead atoms. The maximum absolute atomic E-state index is 14.1. The Kier molecular flexibility index (Phi) is 5.30. The lowest BCUT2D eigenvalue weighted by atomic mass is 10.2. The minimum atomic E-state index is -4.03. The third kappa shape index (κ3) is 3.66. The lowest BCUT2D eigenvalue weighted by Gasteiger charge is -2.23. The number of hydrogen-bond donors (Lipinski definition) is 0. The number of anilines is 1. The molecule has 2 aromatic rings. The van der Waals surface area contributed by atoms with E-state index in [1.54, 1.807) is 6.92 Å². The molecule has 0 radical (unpaired) electrons. The molecule has 2 aromatic carbocycles. The largest absolute Gasteiger partial charge is 0.264 e. The van der Waals surface area contributed by atoms with Crippen molar-refractivity contribution >= 4 is 43.2 Å². The maximum Gasteiger partial charge on any atom is 0.264 e. The van der Waals surface area contributed by atoms with Crippen LogP contribution in [0.5, 0.6) is 0 Å². The van der Waals surface area contributed by atoms with Crippen molar-refractivity contribution in [2.45, 2.75) is 11.8 Å². The first-order valence-corrected chi connectivity index (χ1v) is 9.09. The Balaban J connectivity index is 2.60. The number of hydrogen-bond acceptors (Lipinski definition) is 3. The molecular weight excluding hydrogens is 407 g/mol. The van der Waals surface area contributed by atoms with E-state index < -0.39 is 15.8 Å². The predicted octanol–water partition coefficient (Wildman–Crippen LogP) is 4.33. The van der Waals surface area contributed by atoms with Crippen molar-refractivity contribution < 1.29 is 12.8 Å². The van der Waals surface area contributed by atoms with Gasteiger partial charge in [-0.05, 0) is 43.3 Å². The topological polar surface area (TPSA) is 61.2 Å². The quantitative estimate of drug-likeness (QED) is 0.744. The molecule has 2 rings (SSSR count). The van der Waals surface area contributed by atoms with Crippen molar-refractivity contribution in [3.05, 3.63) is 57.3 Å². The van der Waals surface area contributed by atoms with Crippen LogP contribution in [0.25, 0.3) is 0 Å². The third-order valence-corrected chi connectivity index (χ3v) is 5.61. The molecular formula is C15H11BrClFN2O2S. The highest BCUT2D eigenvalue weighted by atomic mass is 79.9. The molecule has 0 aliphatic rings. The standard InChI is InChI=1S/C15H11BrClFN2O2S/c1-2-20(15-4-3-12(17)8-14(15)18)23(21,22)13-6-10(9-19)5-11(16)7-13/h3-8H,2H2,1H3. The highest BCUT2D eigenvalue weighted by Crippen LogP contribution is 2.29. The lowest BCUT2D eigenvalue weighted by Crippen LogP contribution is -2.31. The Morgan fingerprint density at radius 1 is 1.30 bits per heavy atom. The average Bonchev–Trinajstić information content (AvgIpc) is 2.49. The van der Waals surface area contributed by atoms with Gasteiger partial charge in [-0.15, -0.1) is 0 Å². The Hall–Kier alpha value is -1.62. The zero-order valence-electron chi connectivity index (χ0n) is 11.9.